The summed E-state index contributed by atoms with van der Waals surface area (Å²) >= 11 is 1.31. The number of fused-ring (bicyclic) bond motifs is 1. The number of hydrogen-bond acceptors (Lipinski definition) is 3. The first-order valence-electron chi connectivity index (χ1n) is 3.35. The van der Waals surface area contributed by atoms with Gasteiger partial charge >= 0.3 is 6.18 Å². The Balaban J connectivity index is 2.61. The lowest BCUT2D eigenvalue weighted by Crippen LogP contribution is -2.10. The highest BCUT2D eigenvalue weighted by Gasteiger charge is 2.34. The summed E-state index contributed by atoms with van der Waals surface area (Å²) < 4.78 is 37.0. The highest BCUT2D eigenvalue weighted by atomic mass is 32.1. The van der Waals surface area contributed by atoms with Crippen molar-refractivity contribution < 1.29 is 13.2 Å². The molecule has 0 radical (unpaired) electrons. The molecule has 0 atom stereocenters. The van der Waals surface area contributed by atoms with E-state index in [2.05, 4.69) is 9.97 Å². The summed E-state index contributed by atoms with van der Waals surface area (Å²) in [6, 6.07) is 1.54. The van der Waals surface area contributed by atoms with Crippen LogP contribution in [0.3, 0.4) is 0 Å². The van der Waals surface area contributed by atoms with Crippen LogP contribution >= 0.6 is 11.3 Å². The molecule has 0 fully saturated rings. The van der Waals surface area contributed by atoms with Gasteiger partial charge in [-0.25, -0.2) is 9.97 Å². The SMILES string of the molecule is FC(F)(F)c1ncc2sccc2n1. The first kappa shape index (κ1) is 8.43. The molecular weight excluding hydrogens is 201 g/mol. The molecule has 0 saturated carbocycles. The van der Waals surface area contributed by atoms with E-state index in [-0.39, 0.29) is 0 Å². The Morgan fingerprint density at radius 1 is 1.31 bits per heavy atom. The van der Waals surface area contributed by atoms with E-state index >= 15 is 0 Å². The molecule has 0 spiro atoms. The number of hydrogen-bond donors (Lipinski definition) is 0. The molecule has 0 aromatic carbocycles. The summed E-state index contributed by atoms with van der Waals surface area (Å²) in [5.41, 5.74) is 0.340. The molecule has 0 amide bonds. The zero-order chi connectivity index (χ0) is 9.47. The van der Waals surface area contributed by atoms with Gasteiger partial charge in [-0.05, 0) is 11.4 Å². The minimum Gasteiger partial charge on any atom is -0.231 e. The largest absolute Gasteiger partial charge is 0.451 e. The summed E-state index contributed by atoms with van der Waals surface area (Å²) in [5, 5.41) is 1.68. The van der Waals surface area contributed by atoms with Gasteiger partial charge in [0, 0.05) is 6.20 Å². The molecular formula is C7H3F3N2S. The second-order valence-corrected chi connectivity index (χ2v) is 3.31. The van der Waals surface area contributed by atoms with Crippen LogP contribution in [0.1, 0.15) is 5.82 Å². The van der Waals surface area contributed by atoms with Gasteiger partial charge in [0.1, 0.15) is 0 Å². The highest BCUT2D eigenvalue weighted by Crippen LogP contribution is 2.28. The first-order valence-corrected chi connectivity index (χ1v) is 4.23. The maximum absolute atomic E-state index is 12.1. The third-order valence-corrected chi connectivity index (χ3v) is 2.30. The molecule has 0 unspecified atom stereocenters. The van der Waals surface area contributed by atoms with E-state index in [4.69, 9.17) is 0 Å². The lowest BCUT2D eigenvalue weighted by Gasteiger charge is -2.02. The summed E-state index contributed by atoms with van der Waals surface area (Å²) in [5.74, 6) is -1.08. The van der Waals surface area contributed by atoms with E-state index < -0.39 is 12.0 Å². The van der Waals surface area contributed by atoms with Crippen molar-refractivity contribution in [3.63, 3.8) is 0 Å². The molecule has 2 rings (SSSR count). The molecule has 0 bridgehead atoms. The van der Waals surface area contributed by atoms with Crippen LogP contribution in [0.4, 0.5) is 13.2 Å². The van der Waals surface area contributed by atoms with Crippen LogP contribution in [-0.2, 0) is 6.18 Å². The molecule has 2 nitrogen and oxygen atoms in total. The number of nitrogens with zero attached hydrogens (tertiary/aromatic N) is 2. The van der Waals surface area contributed by atoms with Crippen molar-refractivity contribution in [3.05, 3.63) is 23.5 Å². The van der Waals surface area contributed by atoms with Gasteiger partial charge in [0.05, 0.1) is 10.2 Å². The van der Waals surface area contributed by atoms with Gasteiger partial charge in [-0.15, -0.1) is 11.3 Å². The number of alkyl halides is 3. The second-order valence-electron chi connectivity index (χ2n) is 2.36. The van der Waals surface area contributed by atoms with Gasteiger partial charge < -0.3 is 0 Å². The number of thiophene rings is 1. The molecule has 2 aromatic heterocycles. The van der Waals surface area contributed by atoms with E-state index in [0.29, 0.717) is 10.2 Å². The Kier molecular flexibility index (Phi) is 1.73. The third-order valence-electron chi connectivity index (χ3n) is 1.46. The topological polar surface area (TPSA) is 25.8 Å². The van der Waals surface area contributed by atoms with Gasteiger partial charge in [-0.1, -0.05) is 0 Å². The molecule has 68 valence electrons. The van der Waals surface area contributed by atoms with Crippen LogP contribution in [-0.4, -0.2) is 9.97 Å². The van der Waals surface area contributed by atoms with E-state index in [1.54, 1.807) is 5.38 Å². The van der Waals surface area contributed by atoms with Crippen molar-refractivity contribution in [2.75, 3.05) is 0 Å². The lowest BCUT2D eigenvalue weighted by molar-refractivity contribution is -0.144. The fourth-order valence-corrected chi connectivity index (χ4v) is 1.59. The van der Waals surface area contributed by atoms with Crippen LogP contribution in [0.25, 0.3) is 10.2 Å². The fraction of sp³-hybridized carbons (Fsp3) is 0.143. The van der Waals surface area contributed by atoms with Crippen LogP contribution in [0.5, 0.6) is 0 Å². The van der Waals surface area contributed by atoms with Crippen LogP contribution in [0.2, 0.25) is 0 Å². The molecule has 0 aliphatic carbocycles. The van der Waals surface area contributed by atoms with Gasteiger partial charge in [0.25, 0.3) is 0 Å². The standard InChI is InChI=1S/C7H3F3N2S/c8-7(9,10)6-11-3-5-4(12-6)1-2-13-5/h1-3H. The van der Waals surface area contributed by atoms with E-state index in [0.717, 1.165) is 0 Å². The van der Waals surface area contributed by atoms with Crippen molar-refractivity contribution in [1.82, 2.24) is 9.97 Å². The molecule has 13 heavy (non-hydrogen) atoms. The van der Waals surface area contributed by atoms with E-state index in [9.17, 15) is 13.2 Å². The summed E-state index contributed by atoms with van der Waals surface area (Å²) in [6.45, 7) is 0. The highest BCUT2D eigenvalue weighted by molar-refractivity contribution is 7.17. The van der Waals surface area contributed by atoms with Crippen molar-refractivity contribution in [2.45, 2.75) is 6.18 Å². The van der Waals surface area contributed by atoms with Crippen LogP contribution in [0.15, 0.2) is 17.6 Å². The van der Waals surface area contributed by atoms with E-state index in [1.165, 1.54) is 23.6 Å². The summed E-state index contributed by atoms with van der Waals surface area (Å²) in [6.07, 6.45) is -3.27. The van der Waals surface area contributed by atoms with Gasteiger partial charge in [-0.3, -0.25) is 0 Å². The number of halogens is 3. The molecule has 6 heteroatoms. The molecule has 2 heterocycles. The maximum atomic E-state index is 12.1. The average molecular weight is 204 g/mol. The zero-order valence-corrected chi connectivity index (χ0v) is 6.99. The Labute approximate surface area is 75.1 Å². The van der Waals surface area contributed by atoms with Crippen molar-refractivity contribution in [2.24, 2.45) is 0 Å². The zero-order valence-electron chi connectivity index (χ0n) is 6.17. The maximum Gasteiger partial charge on any atom is 0.451 e. The van der Waals surface area contributed by atoms with Crippen molar-refractivity contribution in [1.29, 1.82) is 0 Å². The molecule has 0 aliphatic rings. The number of aromatic nitrogens is 2. The molecule has 0 N–H and O–H groups in total. The number of rotatable bonds is 0. The normalized spacial score (nSPS) is 12.2. The molecule has 0 aliphatic heterocycles. The monoisotopic (exact) mass is 204 g/mol. The quantitative estimate of drug-likeness (QED) is 0.659. The van der Waals surface area contributed by atoms with Crippen molar-refractivity contribution in [3.8, 4) is 0 Å². The van der Waals surface area contributed by atoms with Gasteiger partial charge in [-0.2, -0.15) is 13.2 Å². The van der Waals surface area contributed by atoms with E-state index in [1.807, 2.05) is 0 Å². The predicted octanol–water partition coefficient (Wildman–Crippen LogP) is 2.71. The summed E-state index contributed by atoms with van der Waals surface area (Å²) in [7, 11) is 0. The first-order chi connectivity index (χ1) is 6.07. The molecule has 2 aromatic rings. The average Bonchev–Trinajstić information content (AvgIpc) is 2.47. The Morgan fingerprint density at radius 2 is 2.08 bits per heavy atom. The second kappa shape index (κ2) is 2.66. The predicted molar refractivity (Wildman–Crippen MR) is 42.4 cm³/mol. The minimum absolute atomic E-state index is 0.340. The smallest absolute Gasteiger partial charge is 0.231 e. The van der Waals surface area contributed by atoms with Crippen LogP contribution in [0, 0.1) is 0 Å². The van der Waals surface area contributed by atoms with Crippen molar-refractivity contribution >= 4 is 21.6 Å². The Bertz CT molecular complexity index is 434. The van der Waals surface area contributed by atoms with Gasteiger partial charge in [0.2, 0.25) is 5.82 Å². The fourth-order valence-electron chi connectivity index (χ4n) is 0.903. The Morgan fingerprint density at radius 3 is 2.77 bits per heavy atom. The Hall–Kier alpha value is -1.17. The summed E-state index contributed by atoms with van der Waals surface area (Å²) in [4.78, 5) is 6.61. The van der Waals surface area contributed by atoms with Gasteiger partial charge in [0.15, 0.2) is 0 Å². The molecule has 0 saturated heterocycles. The third kappa shape index (κ3) is 1.49. The lowest BCUT2D eigenvalue weighted by atomic mass is 10.4. The van der Waals surface area contributed by atoms with Crippen LogP contribution < -0.4 is 0 Å². The minimum atomic E-state index is -4.46.